The molecule has 0 unspecified atom stereocenters. The zero-order valence-corrected chi connectivity index (χ0v) is 15.7. The lowest BCUT2D eigenvalue weighted by Crippen LogP contribution is -2.38. The highest BCUT2D eigenvalue weighted by Crippen LogP contribution is 2.26. The van der Waals surface area contributed by atoms with Crippen LogP contribution in [0.15, 0.2) is 42.5 Å². The molecular formula is C19H18Cl2N2O3. The van der Waals surface area contributed by atoms with E-state index in [0.29, 0.717) is 34.6 Å². The van der Waals surface area contributed by atoms with Crippen LogP contribution in [0, 0.1) is 0 Å². The topological polar surface area (TPSA) is 58.6 Å². The number of imide groups is 1. The van der Waals surface area contributed by atoms with Crippen LogP contribution in [0.1, 0.15) is 18.9 Å². The van der Waals surface area contributed by atoms with E-state index in [2.05, 4.69) is 5.32 Å². The maximum absolute atomic E-state index is 12.6. The fourth-order valence-corrected chi connectivity index (χ4v) is 3.13. The number of anilines is 1. The number of hydrogen-bond acceptors (Lipinski definition) is 4. The summed E-state index contributed by atoms with van der Waals surface area (Å²) in [5.41, 5.74) is 1.43. The Labute approximate surface area is 161 Å². The van der Waals surface area contributed by atoms with Crippen LogP contribution in [0.25, 0.3) is 0 Å². The largest absolute Gasteiger partial charge is 0.494 e. The predicted octanol–water partition coefficient (Wildman–Crippen LogP) is 3.81. The maximum Gasteiger partial charge on any atom is 0.251 e. The van der Waals surface area contributed by atoms with E-state index < -0.39 is 6.04 Å². The minimum Gasteiger partial charge on any atom is -0.494 e. The Bertz CT molecular complexity index is 824. The van der Waals surface area contributed by atoms with Crippen molar-refractivity contribution in [2.75, 3.05) is 11.5 Å². The molecule has 0 aliphatic carbocycles. The zero-order chi connectivity index (χ0) is 18.7. The fraction of sp³-hybridized carbons (Fsp3) is 0.263. The number of ether oxygens (including phenoxy) is 1. The number of benzene rings is 2. The van der Waals surface area contributed by atoms with Gasteiger partial charge < -0.3 is 10.1 Å². The quantitative estimate of drug-likeness (QED) is 0.759. The molecule has 0 bridgehead atoms. The summed E-state index contributed by atoms with van der Waals surface area (Å²) in [5.74, 6) is 0.203. The Morgan fingerprint density at radius 3 is 2.50 bits per heavy atom. The van der Waals surface area contributed by atoms with Gasteiger partial charge in [-0.15, -0.1) is 0 Å². The summed E-state index contributed by atoms with van der Waals surface area (Å²) in [6.07, 6.45) is 0.118. The van der Waals surface area contributed by atoms with Gasteiger partial charge in [0.05, 0.1) is 34.8 Å². The number of carbonyl (C=O) groups excluding carboxylic acids is 2. The summed E-state index contributed by atoms with van der Waals surface area (Å²) in [6.45, 7) is 2.87. The maximum atomic E-state index is 12.6. The molecule has 1 heterocycles. The van der Waals surface area contributed by atoms with E-state index in [0.717, 1.165) is 5.56 Å². The van der Waals surface area contributed by atoms with Gasteiger partial charge in [0.15, 0.2) is 0 Å². The van der Waals surface area contributed by atoms with E-state index in [1.807, 2.05) is 13.0 Å². The second-order valence-electron chi connectivity index (χ2n) is 5.88. The number of hydrogen-bond donors (Lipinski definition) is 1. The Hall–Kier alpha value is -2.08. The fourth-order valence-electron chi connectivity index (χ4n) is 2.81. The molecule has 26 heavy (non-hydrogen) atoms. The summed E-state index contributed by atoms with van der Waals surface area (Å²) in [7, 11) is 0. The van der Waals surface area contributed by atoms with Crippen LogP contribution in [-0.4, -0.2) is 24.5 Å². The van der Waals surface area contributed by atoms with Gasteiger partial charge in [-0.25, -0.2) is 4.90 Å². The van der Waals surface area contributed by atoms with Crippen LogP contribution in [0.3, 0.4) is 0 Å². The molecule has 0 saturated carbocycles. The molecular weight excluding hydrogens is 375 g/mol. The molecule has 1 atom stereocenters. The minimum absolute atomic E-state index is 0.118. The third-order valence-electron chi connectivity index (χ3n) is 4.09. The SMILES string of the molecule is CCOc1ccc(N2C(=O)C[C@@H](NCc3ccc(Cl)c(Cl)c3)C2=O)cc1. The highest BCUT2D eigenvalue weighted by atomic mass is 35.5. The summed E-state index contributed by atoms with van der Waals surface area (Å²) >= 11 is 11.9. The van der Waals surface area contributed by atoms with Gasteiger partial charge >= 0.3 is 0 Å². The molecule has 1 fully saturated rings. The molecule has 2 amide bonds. The lowest BCUT2D eigenvalue weighted by Gasteiger charge is -2.16. The zero-order valence-electron chi connectivity index (χ0n) is 14.2. The van der Waals surface area contributed by atoms with E-state index >= 15 is 0 Å². The van der Waals surface area contributed by atoms with E-state index in [1.54, 1.807) is 36.4 Å². The summed E-state index contributed by atoms with van der Waals surface area (Å²) in [5, 5.41) is 4.05. The molecule has 1 aliphatic rings. The average molecular weight is 393 g/mol. The monoisotopic (exact) mass is 392 g/mol. The van der Waals surface area contributed by atoms with Crippen molar-refractivity contribution in [3.63, 3.8) is 0 Å². The second kappa shape index (κ2) is 8.08. The van der Waals surface area contributed by atoms with Crippen LogP contribution >= 0.6 is 23.2 Å². The van der Waals surface area contributed by atoms with Crippen LogP contribution in [-0.2, 0) is 16.1 Å². The Kier molecular flexibility index (Phi) is 5.81. The van der Waals surface area contributed by atoms with Gasteiger partial charge in [-0.1, -0.05) is 29.3 Å². The van der Waals surface area contributed by atoms with Crippen LogP contribution in [0.2, 0.25) is 10.0 Å². The standard InChI is InChI=1S/C19H18Cl2N2O3/c1-2-26-14-6-4-13(5-7-14)23-18(24)10-17(19(23)25)22-11-12-3-8-15(20)16(21)9-12/h3-9,17,22H,2,10-11H2,1H3/t17-/m1/s1. The first-order valence-electron chi connectivity index (χ1n) is 8.26. The first-order valence-corrected chi connectivity index (χ1v) is 9.02. The van der Waals surface area contributed by atoms with Crippen LogP contribution < -0.4 is 15.0 Å². The van der Waals surface area contributed by atoms with Crippen molar-refractivity contribution >= 4 is 40.7 Å². The van der Waals surface area contributed by atoms with Gasteiger partial charge in [-0.2, -0.15) is 0 Å². The molecule has 136 valence electrons. The normalized spacial score (nSPS) is 17.0. The molecule has 1 aliphatic heterocycles. The molecule has 0 aromatic heterocycles. The smallest absolute Gasteiger partial charge is 0.251 e. The van der Waals surface area contributed by atoms with E-state index in [9.17, 15) is 9.59 Å². The summed E-state index contributed by atoms with van der Waals surface area (Å²) in [4.78, 5) is 26.2. The number of carbonyl (C=O) groups is 2. The van der Waals surface area contributed by atoms with Crippen LogP contribution in [0.5, 0.6) is 5.75 Å². The van der Waals surface area contributed by atoms with Gasteiger partial charge in [0.2, 0.25) is 5.91 Å². The molecule has 0 radical (unpaired) electrons. The van der Waals surface area contributed by atoms with Gasteiger partial charge in [-0.05, 0) is 48.9 Å². The highest BCUT2D eigenvalue weighted by molar-refractivity contribution is 6.42. The van der Waals surface area contributed by atoms with Gasteiger partial charge in [-0.3, -0.25) is 9.59 Å². The minimum atomic E-state index is -0.566. The molecule has 0 spiro atoms. The van der Waals surface area contributed by atoms with Crippen molar-refractivity contribution in [1.29, 1.82) is 0 Å². The Morgan fingerprint density at radius 2 is 1.85 bits per heavy atom. The number of rotatable bonds is 6. The Morgan fingerprint density at radius 1 is 1.12 bits per heavy atom. The van der Waals surface area contributed by atoms with Gasteiger partial charge in [0.25, 0.3) is 5.91 Å². The van der Waals surface area contributed by atoms with Crippen molar-refractivity contribution < 1.29 is 14.3 Å². The molecule has 5 nitrogen and oxygen atoms in total. The number of halogens is 2. The van der Waals surface area contributed by atoms with Crippen molar-refractivity contribution in [2.24, 2.45) is 0 Å². The van der Waals surface area contributed by atoms with Gasteiger partial charge in [0, 0.05) is 6.54 Å². The molecule has 3 rings (SSSR count). The number of amides is 2. The first kappa shape index (κ1) is 18.7. The highest BCUT2D eigenvalue weighted by Gasteiger charge is 2.39. The summed E-state index contributed by atoms with van der Waals surface area (Å²) < 4.78 is 5.38. The van der Waals surface area contributed by atoms with Crippen molar-refractivity contribution in [2.45, 2.75) is 25.9 Å². The second-order valence-corrected chi connectivity index (χ2v) is 6.69. The van der Waals surface area contributed by atoms with E-state index in [-0.39, 0.29) is 18.2 Å². The predicted molar refractivity (Wildman–Crippen MR) is 102 cm³/mol. The third-order valence-corrected chi connectivity index (χ3v) is 4.83. The van der Waals surface area contributed by atoms with Crippen molar-refractivity contribution in [3.05, 3.63) is 58.1 Å². The van der Waals surface area contributed by atoms with Crippen molar-refractivity contribution in [3.8, 4) is 5.75 Å². The first-order chi connectivity index (χ1) is 12.5. The molecule has 2 aromatic rings. The lowest BCUT2D eigenvalue weighted by molar-refractivity contribution is -0.121. The van der Waals surface area contributed by atoms with Gasteiger partial charge in [0.1, 0.15) is 5.75 Å². The van der Waals surface area contributed by atoms with Crippen LogP contribution in [0.4, 0.5) is 5.69 Å². The van der Waals surface area contributed by atoms with E-state index in [1.165, 1.54) is 4.90 Å². The number of nitrogens with zero attached hydrogens (tertiary/aromatic N) is 1. The molecule has 1 N–H and O–H groups in total. The third kappa shape index (κ3) is 4.01. The molecule has 2 aromatic carbocycles. The molecule has 1 saturated heterocycles. The number of nitrogens with one attached hydrogen (secondary N) is 1. The van der Waals surface area contributed by atoms with Crippen molar-refractivity contribution in [1.82, 2.24) is 5.32 Å². The summed E-state index contributed by atoms with van der Waals surface area (Å²) in [6, 6.07) is 11.6. The Balaban J connectivity index is 1.67. The molecule has 7 heteroatoms. The van der Waals surface area contributed by atoms with E-state index in [4.69, 9.17) is 27.9 Å². The average Bonchev–Trinajstić information content (AvgIpc) is 2.91. The lowest BCUT2D eigenvalue weighted by atomic mass is 10.2.